The molecule has 0 atom stereocenters. The monoisotopic (exact) mass is 565 g/mol. The molecule has 204 valence electrons. The topological polar surface area (TPSA) is 91.0 Å². The number of thiocarbonyl (C=S) groups is 1. The molecular formula is C28H31N5O4S2. The minimum atomic E-state index is -0.273. The maximum Gasteiger partial charge on any atom is 0.270 e. The molecule has 0 spiro atoms. The van der Waals surface area contributed by atoms with Gasteiger partial charge in [-0.15, -0.1) is 0 Å². The Bertz CT molecular complexity index is 1450. The number of nitrogens with zero attached hydrogens (tertiary/aromatic N) is 5. The van der Waals surface area contributed by atoms with E-state index in [9.17, 15) is 14.9 Å². The third kappa shape index (κ3) is 5.29. The first kappa shape index (κ1) is 27.2. The zero-order valence-electron chi connectivity index (χ0n) is 22.4. The van der Waals surface area contributed by atoms with E-state index in [1.165, 1.54) is 11.8 Å². The predicted molar refractivity (Wildman–Crippen MR) is 156 cm³/mol. The first-order chi connectivity index (χ1) is 18.8. The molecule has 0 saturated carbocycles. The van der Waals surface area contributed by atoms with E-state index in [1.54, 1.807) is 16.4 Å². The fraction of sp³-hybridized carbons (Fsp3) is 0.429. The van der Waals surface area contributed by atoms with Gasteiger partial charge in [-0.05, 0) is 49.7 Å². The largest absolute Gasteiger partial charge is 0.454 e. The number of hydrogen-bond acceptors (Lipinski definition) is 9. The smallest absolute Gasteiger partial charge is 0.270 e. The fourth-order valence-corrected chi connectivity index (χ4v) is 6.25. The van der Waals surface area contributed by atoms with Crippen molar-refractivity contribution in [3.8, 4) is 17.6 Å². The number of nitriles is 1. The summed E-state index contributed by atoms with van der Waals surface area (Å²) in [5.41, 5.74) is 2.04. The first-order valence-electron chi connectivity index (χ1n) is 13.1. The number of piperazine rings is 1. The number of thioether (sulfide) groups is 1. The standard InChI is InChI=1S/C28H31N5O4S2/c1-4-5-8-32-25(31-11-9-30(3)10-12-31)20(18(2)21(15-29)26(32)34)14-24-27(35)33(28(38)39-24)16-19-6-7-22-23(13-19)37-17-36-22/h6-7,13-14H,4-5,8-12,16-17H2,1-3H3. The van der Waals surface area contributed by atoms with Gasteiger partial charge in [0.1, 0.15) is 21.8 Å². The maximum absolute atomic E-state index is 13.6. The summed E-state index contributed by atoms with van der Waals surface area (Å²) in [6.45, 7) is 8.09. The van der Waals surface area contributed by atoms with Crippen molar-refractivity contribution in [1.82, 2.24) is 14.4 Å². The zero-order valence-corrected chi connectivity index (χ0v) is 24.0. The molecule has 5 rings (SSSR count). The minimum Gasteiger partial charge on any atom is -0.454 e. The van der Waals surface area contributed by atoms with E-state index in [-0.39, 0.29) is 23.8 Å². The Balaban J connectivity index is 1.55. The van der Waals surface area contributed by atoms with Gasteiger partial charge in [-0.3, -0.25) is 19.1 Å². The molecule has 2 saturated heterocycles. The van der Waals surface area contributed by atoms with Crippen molar-refractivity contribution in [3.63, 3.8) is 0 Å². The normalized spacial score (nSPS) is 18.4. The van der Waals surface area contributed by atoms with E-state index in [2.05, 4.69) is 29.8 Å². The Hall–Kier alpha value is -3.33. The van der Waals surface area contributed by atoms with Gasteiger partial charge < -0.3 is 19.3 Å². The molecule has 4 heterocycles. The van der Waals surface area contributed by atoms with E-state index in [4.69, 9.17) is 21.7 Å². The Labute approximate surface area is 237 Å². The van der Waals surface area contributed by atoms with Crippen LogP contribution in [-0.4, -0.2) is 64.6 Å². The average Bonchev–Trinajstić information content (AvgIpc) is 3.50. The SMILES string of the molecule is CCCCn1c(N2CCN(C)CC2)c(C=C2SC(=S)N(Cc3ccc4c(c3)OCO4)C2=O)c(C)c(C#N)c1=O. The van der Waals surface area contributed by atoms with Crippen molar-refractivity contribution in [2.24, 2.45) is 0 Å². The van der Waals surface area contributed by atoms with Crippen LogP contribution in [0.25, 0.3) is 6.08 Å². The van der Waals surface area contributed by atoms with Crippen LogP contribution in [0.2, 0.25) is 0 Å². The van der Waals surface area contributed by atoms with E-state index < -0.39 is 0 Å². The second kappa shape index (κ2) is 11.4. The highest BCUT2D eigenvalue weighted by Crippen LogP contribution is 2.38. The molecule has 2 fully saturated rings. The van der Waals surface area contributed by atoms with Gasteiger partial charge in [-0.1, -0.05) is 43.4 Å². The average molecular weight is 566 g/mol. The number of fused-ring (bicyclic) bond motifs is 1. The van der Waals surface area contributed by atoms with Crippen LogP contribution in [0.4, 0.5) is 5.82 Å². The van der Waals surface area contributed by atoms with Crippen LogP contribution < -0.4 is 19.9 Å². The lowest BCUT2D eigenvalue weighted by Crippen LogP contribution is -2.47. The Morgan fingerprint density at radius 2 is 1.90 bits per heavy atom. The third-order valence-corrected chi connectivity index (χ3v) is 8.69. The molecule has 0 N–H and O–H groups in total. The number of aromatic nitrogens is 1. The van der Waals surface area contributed by atoms with E-state index in [0.29, 0.717) is 39.4 Å². The van der Waals surface area contributed by atoms with Crippen molar-refractivity contribution in [3.05, 3.63) is 55.7 Å². The van der Waals surface area contributed by atoms with Crippen LogP contribution in [0.5, 0.6) is 11.5 Å². The first-order valence-corrected chi connectivity index (χ1v) is 14.3. The molecule has 9 nitrogen and oxygen atoms in total. The molecule has 2 aromatic rings. The van der Waals surface area contributed by atoms with Crippen LogP contribution in [-0.2, 0) is 17.9 Å². The lowest BCUT2D eigenvalue weighted by molar-refractivity contribution is -0.122. The number of benzene rings is 1. The van der Waals surface area contributed by atoms with Gasteiger partial charge in [0, 0.05) is 38.3 Å². The number of likely N-dealkylation sites (N-methyl/N-ethyl adjacent to an activating group) is 1. The van der Waals surface area contributed by atoms with Crippen molar-refractivity contribution in [2.45, 2.75) is 39.8 Å². The van der Waals surface area contributed by atoms with Crippen molar-refractivity contribution in [1.29, 1.82) is 5.26 Å². The van der Waals surface area contributed by atoms with Gasteiger partial charge in [-0.25, -0.2) is 0 Å². The lowest BCUT2D eigenvalue weighted by atomic mass is 10.0. The molecule has 11 heteroatoms. The van der Waals surface area contributed by atoms with Crippen LogP contribution >= 0.6 is 24.0 Å². The Morgan fingerprint density at radius 1 is 1.15 bits per heavy atom. The summed E-state index contributed by atoms with van der Waals surface area (Å²) >= 11 is 6.86. The van der Waals surface area contributed by atoms with Crippen LogP contribution in [0, 0.1) is 18.3 Å². The highest BCUT2D eigenvalue weighted by atomic mass is 32.2. The van der Waals surface area contributed by atoms with Crippen molar-refractivity contribution >= 4 is 46.1 Å². The molecular weight excluding hydrogens is 534 g/mol. The molecule has 39 heavy (non-hydrogen) atoms. The summed E-state index contributed by atoms with van der Waals surface area (Å²) in [6.07, 6.45) is 3.55. The molecule has 0 radical (unpaired) electrons. The van der Waals surface area contributed by atoms with Crippen molar-refractivity contribution < 1.29 is 14.3 Å². The minimum absolute atomic E-state index is 0.117. The van der Waals surface area contributed by atoms with E-state index in [0.717, 1.165) is 56.0 Å². The Kier molecular flexibility index (Phi) is 7.98. The highest BCUT2D eigenvalue weighted by Gasteiger charge is 2.34. The van der Waals surface area contributed by atoms with Crippen LogP contribution in [0.3, 0.4) is 0 Å². The molecule has 1 amide bonds. The summed E-state index contributed by atoms with van der Waals surface area (Å²) < 4.78 is 13.1. The molecule has 0 bridgehead atoms. The summed E-state index contributed by atoms with van der Waals surface area (Å²) in [5, 5.41) is 9.91. The number of carbonyl (C=O) groups excluding carboxylic acids is 1. The lowest BCUT2D eigenvalue weighted by Gasteiger charge is -2.36. The number of rotatable bonds is 7. The summed E-state index contributed by atoms with van der Waals surface area (Å²) in [6, 6.07) is 7.72. The van der Waals surface area contributed by atoms with Crippen molar-refractivity contribution in [2.75, 3.05) is 44.9 Å². The number of ether oxygens (including phenoxy) is 2. The van der Waals surface area contributed by atoms with Gasteiger partial charge >= 0.3 is 0 Å². The van der Waals surface area contributed by atoms with Crippen LogP contribution in [0.15, 0.2) is 27.9 Å². The predicted octanol–water partition coefficient (Wildman–Crippen LogP) is 3.71. The third-order valence-electron chi connectivity index (χ3n) is 7.31. The van der Waals surface area contributed by atoms with E-state index >= 15 is 0 Å². The molecule has 1 aromatic carbocycles. The van der Waals surface area contributed by atoms with Gasteiger partial charge in [0.05, 0.1) is 11.4 Å². The van der Waals surface area contributed by atoms with Gasteiger partial charge in [0.2, 0.25) is 6.79 Å². The summed E-state index contributed by atoms with van der Waals surface area (Å²) in [7, 11) is 2.08. The summed E-state index contributed by atoms with van der Waals surface area (Å²) in [5.74, 6) is 1.91. The summed E-state index contributed by atoms with van der Waals surface area (Å²) in [4.78, 5) is 33.6. The number of carbonyl (C=O) groups is 1. The molecule has 3 aliphatic rings. The second-order valence-electron chi connectivity index (χ2n) is 9.91. The number of unbranched alkanes of at least 4 members (excludes halogenated alkanes) is 1. The zero-order chi connectivity index (χ0) is 27.7. The number of anilines is 1. The van der Waals surface area contributed by atoms with Crippen LogP contribution in [0.1, 0.15) is 42.0 Å². The van der Waals surface area contributed by atoms with Gasteiger partial charge in [0.25, 0.3) is 11.5 Å². The highest BCUT2D eigenvalue weighted by molar-refractivity contribution is 8.26. The maximum atomic E-state index is 13.6. The second-order valence-corrected chi connectivity index (χ2v) is 11.6. The molecule has 0 unspecified atom stereocenters. The number of pyridine rings is 1. The molecule has 3 aliphatic heterocycles. The molecule has 1 aromatic heterocycles. The fourth-order valence-electron chi connectivity index (χ4n) is 5.02. The number of amides is 1. The van der Waals surface area contributed by atoms with Gasteiger partial charge in [0.15, 0.2) is 11.5 Å². The quantitative estimate of drug-likeness (QED) is 0.368. The Morgan fingerprint density at radius 3 is 2.62 bits per heavy atom. The van der Waals surface area contributed by atoms with E-state index in [1.807, 2.05) is 24.3 Å². The van der Waals surface area contributed by atoms with Gasteiger partial charge in [-0.2, -0.15) is 5.26 Å². The number of hydrogen-bond donors (Lipinski definition) is 0. The molecule has 0 aliphatic carbocycles.